The smallest absolute Gasteiger partial charge is 0.240 e. The molecule has 2 atom stereocenters. The number of rotatable bonds is 5. The third-order valence-corrected chi connectivity index (χ3v) is 5.30. The molecule has 1 aromatic rings. The lowest BCUT2D eigenvalue weighted by molar-refractivity contribution is -0.0228. The predicted octanol–water partition coefficient (Wildman–Crippen LogP) is 0.822. The summed E-state index contributed by atoms with van der Waals surface area (Å²) in [6, 6.07) is 4.63. The van der Waals surface area contributed by atoms with Gasteiger partial charge in [-0.1, -0.05) is 0 Å². The van der Waals surface area contributed by atoms with Crippen LogP contribution in [0.15, 0.2) is 23.1 Å². The Labute approximate surface area is 125 Å². The maximum atomic E-state index is 12.3. The lowest BCUT2D eigenvalue weighted by atomic mass is 9.97. The first-order chi connectivity index (χ1) is 9.78. The first-order valence-corrected chi connectivity index (χ1v) is 8.25. The fourth-order valence-electron chi connectivity index (χ4n) is 2.32. The van der Waals surface area contributed by atoms with Crippen molar-refractivity contribution >= 4 is 10.0 Å². The molecule has 6 nitrogen and oxygen atoms in total. The van der Waals surface area contributed by atoms with Gasteiger partial charge in [0.2, 0.25) is 10.0 Å². The van der Waals surface area contributed by atoms with Gasteiger partial charge in [0.1, 0.15) is 11.4 Å². The van der Waals surface area contributed by atoms with E-state index in [0.29, 0.717) is 18.8 Å². The molecule has 0 aliphatic carbocycles. The molecule has 1 saturated heterocycles. The normalized spacial score (nSPS) is 26.0. The van der Waals surface area contributed by atoms with Crippen molar-refractivity contribution in [1.29, 1.82) is 0 Å². The molecule has 0 amide bonds. The highest BCUT2D eigenvalue weighted by atomic mass is 32.2. The highest BCUT2D eigenvalue weighted by Gasteiger charge is 2.40. The molecule has 2 rings (SSSR count). The van der Waals surface area contributed by atoms with Gasteiger partial charge in [0, 0.05) is 19.6 Å². The summed E-state index contributed by atoms with van der Waals surface area (Å²) in [5, 5.41) is 10.3. The Bertz CT molecular complexity index is 616. The maximum absolute atomic E-state index is 12.3. The number of hydrogen-bond donors (Lipinski definition) is 2. The van der Waals surface area contributed by atoms with Crippen molar-refractivity contribution in [2.75, 3.05) is 20.3 Å². The molecule has 0 aromatic heterocycles. The van der Waals surface area contributed by atoms with Gasteiger partial charge in [-0.15, -0.1) is 0 Å². The second-order valence-electron chi connectivity index (χ2n) is 5.32. The van der Waals surface area contributed by atoms with Crippen LogP contribution >= 0.6 is 0 Å². The number of methoxy groups -OCH3 is 1. The molecule has 1 fully saturated rings. The Morgan fingerprint density at radius 1 is 1.52 bits per heavy atom. The molecular formula is C14H21NO5S. The van der Waals surface area contributed by atoms with Gasteiger partial charge in [0.15, 0.2) is 0 Å². The summed E-state index contributed by atoms with van der Waals surface area (Å²) >= 11 is 0. The first kappa shape index (κ1) is 16.2. The summed E-state index contributed by atoms with van der Waals surface area (Å²) in [5.74, 6) is 0.630. The monoisotopic (exact) mass is 315 g/mol. The van der Waals surface area contributed by atoms with Crippen LogP contribution < -0.4 is 9.46 Å². The average molecular weight is 315 g/mol. The van der Waals surface area contributed by atoms with Crippen LogP contribution in [0.25, 0.3) is 0 Å². The number of ether oxygens (including phenoxy) is 2. The van der Waals surface area contributed by atoms with Gasteiger partial charge in [-0.05, 0) is 37.6 Å². The highest BCUT2D eigenvalue weighted by molar-refractivity contribution is 7.89. The second kappa shape index (κ2) is 5.92. The Morgan fingerprint density at radius 2 is 2.24 bits per heavy atom. The fourth-order valence-corrected chi connectivity index (χ4v) is 3.51. The number of aryl methyl sites for hydroxylation is 1. The Morgan fingerprint density at radius 3 is 2.76 bits per heavy atom. The highest BCUT2D eigenvalue weighted by Crippen LogP contribution is 2.26. The molecule has 1 heterocycles. The lowest BCUT2D eigenvalue weighted by Crippen LogP contribution is -2.47. The SMILES string of the molecule is COc1ccc(S(=O)(=O)NCC2(O)CCOC2C)cc1C. The Hall–Kier alpha value is -1.15. The zero-order chi connectivity index (χ0) is 15.7. The van der Waals surface area contributed by atoms with Crippen molar-refractivity contribution in [3.63, 3.8) is 0 Å². The van der Waals surface area contributed by atoms with Gasteiger partial charge in [-0.3, -0.25) is 0 Å². The van der Waals surface area contributed by atoms with Crippen molar-refractivity contribution in [2.45, 2.75) is 36.9 Å². The van der Waals surface area contributed by atoms with E-state index in [0.717, 1.165) is 5.56 Å². The van der Waals surface area contributed by atoms with E-state index in [2.05, 4.69) is 4.72 Å². The van der Waals surface area contributed by atoms with E-state index in [1.165, 1.54) is 13.2 Å². The molecule has 2 unspecified atom stereocenters. The fraction of sp³-hybridized carbons (Fsp3) is 0.571. The van der Waals surface area contributed by atoms with E-state index in [9.17, 15) is 13.5 Å². The van der Waals surface area contributed by atoms with Crippen molar-refractivity contribution in [3.05, 3.63) is 23.8 Å². The predicted molar refractivity (Wildman–Crippen MR) is 77.9 cm³/mol. The molecule has 2 N–H and O–H groups in total. The molecule has 118 valence electrons. The third-order valence-electron chi connectivity index (χ3n) is 3.90. The van der Waals surface area contributed by atoms with Crippen LogP contribution in [0.4, 0.5) is 0 Å². The molecule has 21 heavy (non-hydrogen) atoms. The zero-order valence-corrected chi connectivity index (χ0v) is 13.2. The molecule has 7 heteroatoms. The number of aliphatic hydroxyl groups is 1. The third kappa shape index (κ3) is 3.37. The summed E-state index contributed by atoms with van der Waals surface area (Å²) < 4.78 is 37.4. The van der Waals surface area contributed by atoms with E-state index in [1.807, 2.05) is 0 Å². The van der Waals surface area contributed by atoms with E-state index in [1.54, 1.807) is 26.0 Å². The van der Waals surface area contributed by atoms with E-state index in [4.69, 9.17) is 9.47 Å². The summed E-state index contributed by atoms with van der Waals surface area (Å²) in [6.45, 7) is 3.87. The summed E-state index contributed by atoms with van der Waals surface area (Å²) in [4.78, 5) is 0.149. The van der Waals surface area contributed by atoms with Gasteiger partial charge in [-0.25, -0.2) is 13.1 Å². The summed E-state index contributed by atoms with van der Waals surface area (Å²) in [5.41, 5.74) is -0.425. The van der Waals surface area contributed by atoms with Crippen molar-refractivity contribution < 1.29 is 23.0 Å². The molecule has 1 aromatic carbocycles. The van der Waals surface area contributed by atoms with Crippen molar-refractivity contribution in [2.24, 2.45) is 0 Å². The minimum absolute atomic E-state index is 0.0679. The molecule has 1 aliphatic rings. The van der Waals surface area contributed by atoms with E-state index < -0.39 is 21.7 Å². The molecule has 0 saturated carbocycles. The molecule has 0 radical (unpaired) electrons. The molecule has 1 aliphatic heterocycles. The van der Waals surface area contributed by atoms with Gasteiger partial charge >= 0.3 is 0 Å². The number of hydrogen-bond acceptors (Lipinski definition) is 5. The van der Waals surface area contributed by atoms with Gasteiger partial charge in [0.25, 0.3) is 0 Å². The van der Waals surface area contributed by atoms with Crippen LogP contribution in [0.5, 0.6) is 5.75 Å². The first-order valence-electron chi connectivity index (χ1n) is 6.77. The van der Waals surface area contributed by atoms with E-state index in [-0.39, 0.29) is 11.4 Å². The minimum atomic E-state index is -3.68. The quantitative estimate of drug-likeness (QED) is 0.840. The van der Waals surface area contributed by atoms with Crippen LogP contribution in [0, 0.1) is 6.92 Å². The van der Waals surface area contributed by atoms with Crippen LogP contribution in [0.3, 0.4) is 0 Å². The van der Waals surface area contributed by atoms with Gasteiger partial charge in [-0.2, -0.15) is 0 Å². The van der Waals surface area contributed by atoms with Crippen molar-refractivity contribution in [3.8, 4) is 5.75 Å². The Balaban J connectivity index is 2.13. The van der Waals surface area contributed by atoms with Crippen LogP contribution in [0.1, 0.15) is 18.9 Å². The summed E-state index contributed by atoms with van der Waals surface area (Å²) in [7, 11) is -2.14. The number of nitrogens with one attached hydrogen (secondary N) is 1. The zero-order valence-electron chi connectivity index (χ0n) is 12.4. The Kier molecular flexibility index (Phi) is 4.57. The van der Waals surface area contributed by atoms with Crippen LogP contribution in [0.2, 0.25) is 0 Å². The standard InChI is InChI=1S/C14H21NO5S/c1-10-8-12(4-5-13(10)19-3)21(17,18)15-9-14(16)6-7-20-11(14)2/h4-5,8,11,15-16H,6-7,9H2,1-3H3. The molecule has 0 spiro atoms. The number of sulfonamides is 1. The number of benzene rings is 1. The van der Waals surface area contributed by atoms with Crippen LogP contribution in [-0.4, -0.2) is 45.5 Å². The topological polar surface area (TPSA) is 84.9 Å². The average Bonchev–Trinajstić information content (AvgIpc) is 2.77. The molecular weight excluding hydrogens is 294 g/mol. The lowest BCUT2D eigenvalue weighted by Gasteiger charge is -2.26. The van der Waals surface area contributed by atoms with Crippen LogP contribution in [-0.2, 0) is 14.8 Å². The van der Waals surface area contributed by atoms with Gasteiger partial charge in [0.05, 0.1) is 18.1 Å². The minimum Gasteiger partial charge on any atom is -0.496 e. The second-order valence-corrected chi connectivity index (χ2v) is 7.09. The molecule has 0 bridgehead atoms. The van der Waals surface area contributed by atoms with E-state index >= 15 is 0 Å². The summed E-state index contributed by atoms with van der Waals surface area (Å²) in [6.07, 6.45) is 0.0241. The largest absolute Gasteiger partial charge is 0.496 e. The van der Waals surface area contributed by atoms with Crippen molar-refractivity contribution in [1.82, 2.24) is 4.72 Å². The van der Waals surface area contributed by atoms with Gasteiger partial charge < -0.3 is 14.6 Å². The maximum Gasteiger partial charge on any atom is 0.240 e.